The molecule has 0 heterocycles. The maximum absolute atomic E-state index is 3.20. The topological polar surface area (TPSA) is 0 Å². The quantitative estimate of drug-likeness (QED) is 0.595. The van der Waals surface area contributed by atoms with Gasteiger partial charge in [0.15, 0.2) is 0 Å². The lowest BCUT2D eigenvalue weighted by molar-refractivity contribution is 0.571. The van der Waals surface area contributed by atoms with Crippen LogP contribution in [-0.4, -0.2) is 0 Å². The van der Waals surface area contributed by atoms with Gasteiger partial charge >= 0.3 is 0 Å². The Morgan fingerprint density at radius 2 is 1.73 bits per heavy atom. The highest BCUT2D eigenvalue weighted by atomic mass is 14.1. The van der Waals surface area contributed by atoms with Gasteiger partial charge in [-0.1, -0.05) is 42.2 Å². The maximum atomic E-state index is 3.20. The minimum absolute atomic E-state index is 0.0769. The van der Waals surface area contributed by atoms with E-state index in [4.69, 9.17) is 0 Å². The summed E-state index contributed by atoms with van der Waals surface area (Å²) in [6, 6.07) is 10.3. The van der Waals surface area contributed by atoms with Crippen molar-refractivity contribution in [2.24, 2.45) is 5.41 Å². The van der Waals surface area contributed by atoms with Crippen LogP contribution in [0, 0.1) is 17.3 Å². The average molecular weight is 198 g/mol. The molecule has 0 saturated heterocycles. The van der Waals surface area contributed by atoms with Gasteiger partial charge in [0, 0.05) is 5.41 Å². The first-order valence-electron chi connectivity index (χ1n) is 5.24. The van der Waals surface area contributed by atoms with Crippen molar-refractivity contribution in [1.82, 2.24) is 0 Å². The predicted octanol–water partition coefficient (Wildman–Crippen LogP) is 4.14. The Hall–Kier alpha value is -1.48. The number of benzene rings is 1. The Labute approximate surface area is 93.0 Å². The molecule has 0 atom stereocenters. The number of allylic oxidation sites excluding steroid dienone is 2. The highest BCUT2D eigenvalue weighted by molar-refractivity contribution is 5.66. The standard InChI is InChI=1S/C15H18/c1-13(9-8-12-15(2,3)4)14-10-6-5-7-11-14/h5-7,9-11H,1-4H3/b13-9+. The Morgan fingerprint density at radius 3 is 2.27 bits per heavy atom. The minimum Gasteiger partial charge on any atom is -0.0926 e. The first-order chi connectivity index (χ1) is 6.99. The summed E-state index contributed by atoms with van der Waals surface area (Å²) in [5, 5.41) is 0. The first-order valence-corrected chi connectivity index (χ1v) is 5.24. The highest BCUT2D eigenvalue weighted by Gasteiger charge is 2.02. The van der Waals surface area contributed by atoms with Crippen LogP contribution in [0.15, 0.2) is 36.4 Å². The van der Waals surface area contributed by atoms with Gasteiger partial charge < -0.3 is 0 Å². The molecule has 0 heteroatoms. The number of rotatable bonds is 1. The molecule has 0 fully saturated rings. The van der Waals surface area contributed by atoms with E-state index in [1.807, 2.05) is 24.3 Å². The second-order valence-electron chi connectivity index (χ2n) is 4.71. The third kappa shape index (κ3) is 4.51. The molecule has 0 aromatic heterocycles. The van der Waals surface area contributed by atoms with Gasteiger partial charge in [-0.2, -0.15) is 0 Å². The zero-order chi connectivity index (χ0) is 11.3. The van der Waals surface area contributed by atoms with Gasteiger partial charge in [0.2, 0.25) is 0 Å². The fraction of sp³-hybridized carbons (Fsp3) is 0.333. The van der Waals surface area contributed by atoms with E-state index in [0.29, 0.717) is 0 Å². The highest BCUT2D eigenvalue weighted by Crippen LogP contribution is 2.13. The molecule has 0 saturated carbocycles. The molecule has 0 N–H and O–H groups in total. The van der Waals surface area contributed by atoms with Gasteiger partial charge in [0.05, 0.1) is 0 Å². The van der Waals surface area contributed by atoms with E-state index in [1.165, 1.54) is 11.1 Å². The van der Waals surface area contributed by atoms with Gasteiger partial charge in [-0.3, -0.25) is 0 Å². The van der Waals surface area contributed by atoms with Crippen LogP contribution >= 0.6 is 0 Å². The molecular weight excluding hydrogens is 180 g/mol. The van der Waals surface area contributed by atoms with E-state index in [1.54, 1.807) is 0 Å². The van der Waals surface area contributed by atoms with Gasteiger partial charge in [0.25, 0.3) is 0 Å². The Balaban J connectivity index is 2.81. The number of hydrogen-bond acceptors (Lipinski definition) is 0. The van der Waals surface area contributed by atoms with Crippen molar-refractivity contribution in [3.8, 4) is 11.8 Å². The summed E-state index contributed by atoms with van der Waals surface area (Å²) in [5.74, 6) is 6.31. The molecule has 1 aromatic carbocycles. The van der Waals surface area contributed by atoms with Crippen LogP contribution in [0.4, 0.5) is 0 Å². The zero-order valence-electron chi connectivity index (χ0n) is 9.96. The van der Waals surface area contributed by atoms with Crippen LogP contribution in [0.2, 0.25) is 0 Å². The van der Waals surface area contributed by atoms with Crippen molar-refractivity contribution >= 4 is 5.57 Å². The molecule has 15 heavy (non-hydrogen) atoms. The van der Waals surface area contributed by atoms with E-state index < -0.39 is 0 Å². The van der Waals surface area contributed by atoms with E-state index >= 15 is 0 Å². The van der Waals surface area contributed by atoms with Crippen LogP contribution in [-0.2, 0) is 0 Å². The lowest BCUT2D eigenvalue weighted by Gasteiger charge is -2.06. The van der Waals surface area contributed by atoms with Crippen molar-refractivity contribution in [1.29, 1.82) is 0 Å². The summed E-state index contributed by atoms with van der Waals surface area (Å²) < 4.78 is 0. The first kappa shape index (κ1) is 11.6. The average Bonchev–Trinajstić information content (AvgIpc) is 2.17. The molecule has 0 aliphatic carbocycles. The maximum Gasteiger partial charge on any atom is 0.0233 e. The van der Waals surface area contributed by atoms with Gasteiger partial charge in [0.1, 0.15) is 0 Å². The van der Waals surface area contributed by atoms with E-state index in [0.717, 1.165) is 0 Å². The fourth-order valence-corrected chi connectivity index (χ4v) is 1.15. The normalized spacial score (nSPS) is 11.9. The second-order valence-corrected chi connectivity index (χ2v) is 4.71. The molecule has 1 aromatic rings. The zero-order valence-corrected chi connectivity index (χ0v) is 9.96. The van der Waals surface area contributed by atoms with Crippen LogP contribution in [0.25, 0.3) is 5.57 Å². The van der Waals surface area contributed by atoms with Crippen molar-refractivity contribution in [2.75, 3.05) is 0 Å². The summed E-state index contributed by atoms with van der Waals surface area (Å²) in [6.45, 7) is 8.44. The monoisotopic (exact) mass is 198 g/mol. The molecule has 78 valence electrons. The van der Waals surface area contributed by atoms with Gasteiger partial charge in [-0.05, 0) is 44.9 Å². The van der Waals surface area contributed by atoms with Crippen LogP contribution in [0.1, 0.15) is 33.3 Å². The third-order valence-corrected chi connectivity index (χ3v) is 1.96. The van der Waals surface area contributed by atoms with E-state index in [9.17, 15) is 0 Å². The molecule has 1 rings (SSSR count). The summed E-state index contributed by atoms with van der Waals surface area (Å²) in [6.07, 6.45) is 1.99. The largest absolute Gasteiger partial charge is 0.0926 e. The smallest absolute Gasteiger partial charge is 0.0233 e. The van der Waals surface area contributed by atoms with E-state index in [-0.39, 0.29) is 5.41 Å². The Morgan fingerprint density at radius 1 is 1.13 bits per heavy atom. The van der Waals surface area contributed by atoms with Crippen molar-refractivity contribution in [2.45, 2.75) is 27.7 Å². The molecule has 0 nitrogen and oxygen atoms in total. The molecule has 0 aliphatic rings. The molecule has 0 radical (unpaired) electrons. The van der Waals surface area contributed by atoms with Gasteiger partial charge in [-0.25, -0.2) is 0 Å². The lowest BCUT2D eigenvalue weighted by Crippen LogP contribution is -1.98. The molecule has 0 spiro atoms. The predicted molar refractivity (Wildman–Crippen MR) is 67.3 cm³/mol. The van der Waals surface area contributed by atoms with Crippen molar-refractivity contribution < 1.29 is 0 Å². The Bertz CT molecular complexity index is 391. The molecule has 0 aliphatic heterocycles. The molecular formula is C15H18. The summed E-state index contributed by atoms with van der Waals surface area (Å²) in [5.41, 5.74) is 2.53. The van der Waals surface area contributed by atoms with Crippen LogP contribution in [0.3, 0.4) is 0 Å². The molecule has 0 amide bonds. The summed E-state index contributed by atoms with van der Waals surface area (Å²) >= 11 is 0. The van der Waals surface area contributed by atoms with Crippen molar-refractivity contribution in [3.63, 3.8) is 0 Å². The van der Waals surface area contributed by atoms with E-state index in [2.05, 4.69) is 51.7 Å². The van der Waals surface area contributed by atoms with Crippen molar-refractivity contribution in [3.05, 3.63) is 42.0 Å². The van der Waals surface area contributed by atoms with Gasteiger partial charge in [-0.15, -0.1) is 0 Å². The second kappa shape index (κ2) is 4.84. The minimum atomic E-state index is 0.0769. The Kier molecular flexibility index (Phi) is 3.74. The summed E-state index contributed by atoms with van der Waals surface area (Å²) in [7, 11) is 0. The number of hydrogen-bond donors (Lipinski definition) is 0. The fourth-order valence-electron chi connectivity index (χ4n) is 1.15. The van der Waals surface area contributed by atoms with Crippen LogP contribution < -0.4 is 0 Å². The summed E-state index contributed by atoms with van der Waals surface area (Å²) in [4.78, 5) is 0. The lowest BCUT2D eigenvalue weighted by atomic mass is 9.98. The third-order valence-electron chi connectivity index (χ3n) is 1.96. The van der Waals surface area contributed by atoms with Crippen LogP contribution in [0.5, 0.6) is 0 Å². The molecule has 0 unspecified atom stereocenters. The molecule has 0 bridgehead atoms. The SMILES string of the molecule is C/C(=C\C#CC(C)(C)C)c1ccccc1.